The molecule has 1 saturated heterocycles. The second kappa shape index (κ2) is 8.67. The van der Waals surface area contributed by atoms with Crippen LogP contribution in [0.15, 0.2) is 48.5 Å². The average Bonchev–Trinajstić information content (AvgIpc) is 2.63. The fraction of sp³-hybridized carbons (Fsp3) is 0.381. The van der Waals surface area contributed by atoms with Gasteiger partial charge in [-0.25, -0.2) is 0 Å². The Labute approximate surface area is 149 Å². The molecule has 2 aromatic carbocycles. The van der Waals surface area contributed by atoms with E-state index in [0.29, 0.717) is 6.61 Å². The molecule has 1 N–H and O–H groups in total. The van der Waals surface area contributed by atoms with Crippen molar-refractivity contribution in [1.29, 1.82) is 0 Å². The van der Waals surface area contributed by atoms with Crippen LogP contribution in [0.25, 0.3) is 11.1 Å². The number of rotatable bonds is 7. The first-order chi connectivity index (χ1) is 12.2. The summed E-state index contributed by atoms with van der Waals surface area (Å²) in [5.41, 5.74) is 2.85. The molecule has 0 atom stereocenters. The summed E-state index contributed by atoms with van der Waals surface area (Å²) in [5.74, 6) is -0.0614. The Morgan fingerprint density at radius 1 is 1.04 bits per heavy atom. The number of carbonyl (C=O) groups is 1. The van der Waals surface area contributed by atoms with Crippen LogP contribution in [0.1, 0.15) is 24.8 Å². The Kier molecular flexibility index (Phi) is 6.07. The number of hydrogen-bond donors (Lipinski definition) is 1. The number of aliphatic carboxylic acids is 1. The van der Waals surface area contributed by atoms with Crippen molar-refractivity contribution in [3.63, 3.8) is 0 Å². The number of nitrogens with zero attached hydrogens (tertiary/aromatic N) is 1. The van der Waals surface area contributed by atoms with Crippen LogP contribution in [0.4, 0.5) is 0 Å². The fourth-order valence-corrected chi connectivity index (χ4v) is 3.29. The van der Waals surface area contributed by atoms with Crippen LogP contribution < -0.4 is 4.74 Å². The molecular weight excluding hydrogens is 314 g/mol. The first-order valence-electron chi connectivity index (χ1n) is 8.98. The lowest BCUT2D eigenvalue weighted by atomic mass is 10.0. The Morgan fingerprint density at radius 3 is 2.52 bits per heavy atom. The van der Waals surface area contributed by atoms with Crippen molar-refractivity contribution in [2.45, 2.75) is 25.7 Å². The molecule has 0 aliphatic carbocycles. The summed E-state index contributed by atoms with van der Waals surface area (Å²) in [6, 6.07) is 15.8. The molecule has 0 spiro atoms. The van der Waals surface area contributed by atoms with Crippen LogP contribution in [-0.2, 0) is 11.2 Å². The number of carboxylic acid groups (broad SMARTS) is 1. The average molecular weight is 339 g/mol. The predicted molar refractivity (Wildman–Crippen MR) is 99.0 cm³/mol. The van der Waals surface area contributed by atoms with Crippen LogP contribution >= 0.6 is 0 Å². The van der Waals surface area contributed by atoms with E-state index in [1.807, 2.05) is 48.5 Å². The summed E-state index contributed by atoms with van der Waals surface area (Å²) in [4.78, 5) is 13.4. The van der Waals surface area contributed by atoms with E-state index < -0.39 is 5.97 Å². The number of carboxylic acids is 1. The quantitative estimate of drug-likeness (QED) is 0.832. The maximum Gasteiger partial charge on any atom is 0.307 e. The molecule has 0 aromatic heterocycles. The standard InChI is InChI=1S/C21H25NO3/c23-21(24)16-17-9-10-19(18-7-3-1-4-8-18)20(15-17)25-14-13-22-11-5-2-6-12-22/h1,3-4,7-10,15H,2,5-6,11-14,16H2,(H,23,24). The van der Waals surface area contributed by atoms with Crippen molar-refractivity contribution in [2.75, 3.05) is 26.2 Å². The summed E-state index contributed by atoms with van der Waals surface area (Å²) in [6.45, 7) is 3.83. The lowest BCUT2D eigenvalue weighted by Crippen LogP contribution is -2.33. The molecule has 25 heavy (non-hydrogen) atoms. The number of benzene rings is 2. The minimum absolute atomic E-state index is 0.0115. The van der Waals surface area contributed by atoms with E-state index in [4.69, 9.17) is 9.84 Å². The molecule has 0 amide bonds. The van der Waals surface area contributed by atoms with Crippen molar-refractivity contribution < 1.29 is 14.6 Å². The van der Waals surface area contributed by atoms with Crippen LogP contribution in [0.3, 0.4) is 0 Å². The normalized spacial score (nSPS) is 15.0. The van der Waals surface area contributed by atoms with Crippen molar-refractivity contribution in [2.24, 2.45) is 0 Å². The molecule has 3 rings (SSSR count). The zero-order valence-electron chi connectivity index (χ0n) is 14.5. The Bertz CT molecular complexity index is 694. The monoisotopic (exact) mass is 339 g/mol. The molecule has 0 bridgehead atoms. The van der Waals surface area contributed by atoms with Gasteiger partial charge in [0.15, 0.2) is 0 Å². The highest BCUT2D eigenvalue weighted by molar-refractivity contribution is 5.74. The number of piperidine rings is 1. The second-order valence-electron chi connectivity index (χ2n) is 6.52. The molecule has 0 radical (unpaired) electrons. The Morgan fingerprint density at radius 2 is 1.80 bits per heavy atom. The van der Waals surface area contributed by atoms with Gasteiger partial charge in [0, 0.05) is 12.1 Å². The van der Waals surface area contributed by atoms with Gasteiger partial charge in [-0.2, -0.15) is 0 Å². The summed E-state index contributed by atoms with van der Waals surface area (Å²) in [6.07, 6.45) is 3.87. The van der Waals surface area contributed by atoms with Crippen LogP contribution in [0, 0.1) is 0 Å². The highest BCUT2D eigenvalue weighted by Gasteiger charge is 2.12. The first-order valence-corrected chi connectivity index (χ1v) is 8.98. The highest BCUT2D eigenvalue weighted by Crippen LogP contribution is 2.31. The van der Waals surface area contributed by atoms with Crippen molar-refractivity contribution in [1.82, 2.24) is 4.90 Å². The van der Waals surface area contributed by atoms with E-state index in [0.717, 1.165) is 42.1 Å². The van der Waals surface area contributed by atoms with Gasteiger partial charge in [-0.3, -0.25) is 9.69 Å². The lowest BCUT2D eigenvalue weighted by Gasteiger charge is -2.26. The van der Waals surface area contributed by atoms with E-state index in [9.17, 15) is 4.79 Å². The van der Waals surface area contributed by atoms with Crippen molar-refractivity contribution in [3.8, 4) is 16.9 Å². The topological polar surface area (TPSA) is 49.8 Å². The smallest absolute Gasteiger partial charge is 0.307 e. The highest BCUT2D eigenvalue weighted by atomic mass is 16.5. The number of ether oxygens (including phenoxy) is 1. The van der Waals surface area contributed by atoms with Gasteiger partial charge in [0.25, 0.3) is 0 Å². The van der Waals surface area contributed by atoms with E-state index in [2.05, 4.69) is 4.90 Å². The summed E-state index contributed by atoms with van der Waals surface area (Å²) in [5, 5.41) is 9.04. The molecule has 4 heteroatoms. The minimum Gasteiger partial charge on any atom is -0.492 e. The third-order valence-corrected chi connectivity index (χ3v) is 4.60. The summed E-state index contributed by atoms with van der Waals surface area (Å²) in [7, 11) is 0. The van der Waals surface area contributed by atoms with Gasteiger partial charge in [0.1, 0.15) is 12.4 Å². The van der Waals surface area contributed by atoms with Crippen LogP contribution in [-0.4, -0.2) is 42.2 Å². The van der Waals surface area contributed by atoms with Crippen molar-refractivity contribution in [3.05, 3.63) is 54.1 Å². The third-order valence-electron chi connectivity index (χ3n) is 4.60. The van der Waals surface area contributed by atoms with E-state index in [1.54, 1.807) is 0 Å². The maximum absolute atomic E-state index is 11.0. The zero-order valence-corrected chi connectivity index (χ0v) is 14.5. The molecule has 0 unspecified atom stereocenters. The van der Waals surface area contributed by atoms with E-state index in [-0.39, 0.29) is 6.42 Å². The van der Waals surface area contributed by atoms with Gasteiger partial charge in [0.05, 0.1) is 6.42 Å². The predicted octanol–water partition coefficient (Wildman–Crippen LogP) is 3.85. The van der Waals surface area contributed by atoms with Gasteiger partial charge in [0.2, 0.25) is 0 Å². The van der Waals surface area contributed by atoms with Gasteiger partial charge < -0.3 is 9.84 Å². The van der Waals surface area contributed by atoms with Crippen LogP contribution in [0.5, 0.6) is 5.75 Å². The lowest BCUT2D eigenvalue weighted by molar-refractivity contribution is -0.136. The van der Waals surface area contributed by atoms with Gasteiger partial charge in [-0.1, -0.05) is 48.9 Å². The first kappa shape index (κ1) is 17.5. The van der Waals surface area contributed by atoms with Gasteiger partial charge >= 0.3 is 5.97 Å². The molecule has 1 aliphatic heterocycles. The number of hydrogen-bond acceptors (Lipinski definition) is 3. The number of likely N-dealkylation sites (tertiary alicyclic amines) is 1. The third kappa shape index (κ3) is 5.07. The van der Waals surface area contributed by atoms with Gasteiger partial charge in [-0.05, 0) is 43.1 Å². The Hall–Kier alpha value is -2.33. The minimum atomic E-state index is -0.827. The Balaban J connectivity index is 1.74. The second-order valence-corrected chi connectivity index (χ2v) is 6.52. The molecule has 1 aliphatic rings. The molecule has 0 saturated carbocycles. The SMILES string of the molecule is O=C(O)Cc1ccc(-c2ccccc2)c(OCCN2CCCCC2)c1. The molecule has 1 fully saturated rings. The molecule has 4 nitrogen and oxygen atoms in total. The van der Waals surface area contributed by atoms with E-state index >= 15 is 0 Å². The van der Waals surface area contributed by atoms with E-state index in [1.165, 1.54) is 19.3 Å². The van der Waals surface area contributed by atoms with Gasteiger partial charge in [-0.15, -0.1) is 0 Å². The molecule has 2 aromatic rings. The summed E-state index contributed by atoms with van der Waals surface area (Å²) < 4.78 is 6.08. The fourth-order valence-electron chi connectivity index (χ4n) is 3.29. The largest absolute Gasteiger partial charge is 0.492 e. The van der Waals surface area contributed by atoms with Crippen LogP contribution in [0.2, 0.25) is 0 Å². The van der Waals surface area contributed by atoms with Crippen molar-refractivity contribution >= 4 is 5.97 Å². The maximum atomic E-state index is 11.0. The molecular formula is C21H25NO3. The zero-order chi connectivity index (χ0) is 17.5. The molecule has 132 valence electrons. The summed E-state index contributed by atoms with van der Waals surface area (Å²) >= 11 is 0. The molecule has 1 heterocycles.